The zero-order valence-electron chi connectivity index (χ0n) is 15.7. The number of aryl methyl sites for hydroxylation is 1. The largest absolute Gasteiger partial charge is 0.380 e. The van der Waals surface area contributed by atoms with Gasteiger partial charge in [0.1, 0.15) is 0 Å². The highest BCUT2D eigenvalue weighted by atomic mass is 16.5. The maximum absolute atomic E-state index is 5.29. The quantitative estimate of drug-likeness (QED) is 0.436. The maximum atomic E-state index is 5.29. The fourth-order valence-electron chi connectivity index (χ4n) is 2.72. The third-order valence-corrected chi connectivity index (χ3v) is 4.45. The number of benzene rings is 1. The third-order valence-electron chi connectivity index (χ3n) is 4.45. The van der Waals surface area contributed by atoms with Crippen LogP contribution in [-0.4, -0.2) is 38.8 Å². The lowest BCUT2D eigenvalue weighted by Gasteiger charge is -2.36. The maximum Gasteiger partial charge on any atom is 0.191 e. The van der Waals surface area contributed by atoms with Gasteiger partial charge in [-0.25, -0.2) is 0 Å². The van der Waals surface area contributed by atoms with E-state index in [0.29, 0.717) is 5.92 Å². The molecule has 0 spiro atoms. The zero-order chi connectivity index (χ0) is 17.4. The predicted octanol–water partition coefficient (Wildman–Crippen LogP) is 3.33. The molecular formula is C20H33N3O. The summed E-state index contributed by atoms with van der Waals surface area (Å²) in [6, 6.07) is 9.01. The van der Waals surface area contributed by atoms with E-state index >= 15 is 0 Å². The number of rotatable bonds is 8. The highest BCUT2D eigenvalue weighted by Gasteiger charge is 2.33. The van der Waals surface area contributed by atoms with Gasteiger partial charge in [-0.05, 0) is 36.8 Å². The van der Waals surface area contributed by atoms with Crippen molar-refractivity contribution in [2.24, 2.45) is 10.4 Å². The summed E-state index contributed by atoms with van der Waals surface area (Å²) in [4.78, 5) is 4.70. The van der Waals surface area contributed by atoms with Crippen LogP contribution in [0.2, 0.25) is 0 Å². The van der Waals surface area contributed by atoms with Crippen LogP contribution in [0.3, 0.4) is 0 Å². The molecule has 1 aliphatic rings. The number of guanidine groups is 1. The van der Waals surface area contributed by atoms with Gasteiger partial charge < -0.3 is 15.4 Å². The first-order valence-corrected chi connectivity index (χ1v) is 9.21. The van der Waals surface area contributed by atoms with Gasteiger partial charge in [-0.1, -0.05) is 45.0 Å². The Morgan fingerprint density at radius 1 is 1.21 bits per heavy atom. The molecule has 4 heteroatoms. The summed E-state index contributed by atoms with van der Waals surface area (Å²) in [7, 11) is 0. The third kappa shape index (κ3) is 5.82. The smallest absolute Gasteiger partial charge is 0.191 e. The van der Waals surface area contributed by atoms with Gasteiger partial charge in [-0.2, -0.15) is 0 Å². The minimum atomic E-state index is 0.223. The fourth-order valence-corrected chi connectivity index (χ4v) is 2.72. The number of ether oxygens (including phenoxy) is 1. The minimum Gasteiger partial charge on any atom is -0.380 e. The van der Waals surface area contributed by atoms with Crippen molar-refractivity contribution >= 4 is 5.96 Å². The SMILES string of the molecule is CCNC(=NCC1(C)COC1)NCCCc1ccc(C(C)C)cc1. The molecule has 0 bridgehead atoms. The summed E-state index contributed by atoms with van der Waals surface area (Å²) >= 11 is 0. The van der Waals surface area contributed by atoms with Crippen LogP contribution < -0.4 is 10.6 Å². The summed E-state index contributed by atoms with van der Waals surface area (Å²) in [5, 5.41) is 6.76. The summed E-state index contributed by atoms with van der Waals surface area (Å²) in [5.41, 5.74) is 3.04. The first-order valence-electron chi connectivity index (χ1n) is 9.21. The van der Waals surface area contributed by atoms with Crippen LogP contribution >= 0.6 is 0 Å². The molecule has 1 saturated heterocycles. The lowest BCUT2D eigenvalue weighted by atomic mass is 9.89. The predicted molar refractivity (Wildman–Crippen MR) is 102 cm³/mol. The molecule has 1 aliphatic heterocycles. The monoisotopic (exact) mass is 331 g/mol. The molecule has 0 atom stereocenters. The number of nitrogens with zero attached hydrogens (tertiary/aromatic N) is 1. The molecule has 1 fully saturated rings. The molecule has 0 saturated carbocycles. The fraction of sp³-hybridized carbons (Fsp3) is 0.650. The molecule has 0 radical (unpaired) electrons. The number of aliphatic imine (C=N–C) groups is 1. The second-order valence-corrected chi connectivity index (χ2v) is 7.43. The van der Waals surface area contributed by atoms with Crippen LogP contribution in [0.25, 0.3) is 0 Å². The van der Waals surface area contributed by atoms with Gasteiger partial charge in [-0.3, -0.25) is 4.99 Å². The van der Waals surface area contributed by atoms with Crippen LogP contribution in [0.4, 0.5) is 0 Å². The molecule has 24 heavy (non-hydrogen) atoms. The average Bonchev–Trinajstić information content (AvgIpc) is 2.55. The van der Waals surface area contributed by atoms with Crippen molar-refractivity contribution in [1.29, 1.82) is 0 Å². The van der Waals surface area contributed by atoms with E-state index in [1.807, 2.05) is 0 Å². The first kappa shape index (κ1) is 18.8. The molecule has 0 unspecified atom stereocenters. The van der Waals surface area contributed by atoms with Crippen molar-refractivity contribution in [3.8, 4) is 0 Å². The van der Waals surface area contributed by atoms with Gasteiger partial charge in [0.25, 0.3) is 0 Å². The molecule has 0 aliphatic carbocycles. The zero-order valence-corrected chi connectivity index (χ0v) is 15.7. The lowest BCUT2D eigenvalue weighted by Crippen LogP contribution is -2.44. The Balaban J connectivity index is 1.72. The molecule has 2 rings (SSSR count). The van der Waals surface area contributed by atoms with E-state index in [0.717, 1.165) is 51.6 Å². The van der Waals surface area contributed by atoms with Crippen molar-refractivity contribution in [2.75, 3.05) is 32.8 Å². The van der Waals surface area contributed by atoms with E-state index in [1.54, 1.807) is 0 Å². The molecular weight excluding hydrogens is 298 g/mol. The number of hydrogen-bond donors (Lipinski definition) is 2. The molecule has 2 N–H and O–H groups in total. The van der Waals surface area contributed by atoms with E-state index in [1.165, 1.54) is 11.1 Å². The highest BCUT2D eigenvalue weighted by molar-refractivity contribution is 5.79. The van der Waals surface area contributed by atoms with E-state index in [4.69, 9.17) is 9.73 Å². The summed E-state index contributed by atoms with van der Waals surface area (Å²) in [6.07, 6.45) is 2.20. The number of hydrogen-bond acceptors (Lipinski definition) is 2. The Bertz CT molecular complexity index is 518. The second-order valence-electron chi connectivity index (χ2n) is 7.43. The van der Waals surface area contributed by atoms with Gasteiger partial charge in [0.05, 0.1) is 19.8 Å². The Labute approximate surface area is 147 Å². The van der Waals surface area contributed by atoms with Crippen LogP contribution in [0.5, 0.6) is 0 Å². The highest BCUT2D eigenvalue weighted by Crippen LogP contribution is 2.26. The molecule has 134 valence electrons. The van der Waals surface area contributed by atoms with Crippen molar-refractivity contribution in [3.63, 3.8) is 0 Å². The molecule has 0 amide bonds. The van der Waals surface area contributed by atoms with Gasteiger partial charge in [-0.15, -0.1) is 0 Å². The lowest BCUT2D eigenvalue weighted by molar-refractivity contribution is -0.0945. The number of nitrogens with one attached hydrogen (secondary N) is 2. The van der Waals surface area contributed by atoms with E-state index in [2.05, 4.69) is 62.6 Å². The Morgan fingerprint density at radius 3 is 2.46 bits per heavy atom. The Kier molecular flexibility index (Phi) is 7.10. The average molecular weight is 332 g/mol. The molecule has 0 aromatic heterocycles. The van der Waals surface area contributed by atoms with Crippen molar-refractivity contribution in [2.45, 2.75) is 46.5 Å². The summed E-state index contributed by atoms with van der Waals surface area (Å²) < 4.78 is 5.29. The molecule has 1 heterocycles. The molecule has 1 aromatic rings. The van der Waals surface area contributed by atoms with Crippen LogP contribution in [0.1, 0.15) is 51.2 Å². The normalized spacial score (nSPS) is 16.8. The first-order chi connectivity index (χ1) is 11.5. The van der Waals surface area contributed by atoms with Crippen LogP contribution in [0.15, 0.2) is 29.3 Å². The van der Waals surface area contributed by atoms with Gasteiger partial charge in [0.2, 0.25) is 0 Å². The molecule has 4 nitrogen and oxygen atoms in total. The minimum absolute atomic E-state index is 0.223. The standard InChI is InChI=1S/C20H33N3O/c1-5-21-19(23-13-20(4)14-24-15-20)22-12-6-7-17-8-10-18(11-9-17)16(2)3/h8-11,16H,5-7,12-15H2,1-4H3,(H2,21,22,23). The summed E-state index contributed by atoms with van der Waals surface area (Å²) in [5.74, 6) is 1.52. The van der Waals surface area contributed by atoms with E-state index < -0.39 is 0 Å². The van der Waals surface area contributed by atoms with E-state index in [9.17, 15) is 0 Å². The van der Waals surface area contributed by atoms with Crippen molar-refractivity contribution in [3.05, 3.63) is 35.4 Å². The van der Waals surface area contributed by atoms with E-state index in [-0.39, 0.29) is 5.41 Å². The van der Waals surface area contributed by atoms with Crippen molar-refractivity contribution < 1.29 is 4.74 Å². The Hall–Kier alpha value is -1.55. The van der Waals surface area contributed by atoms with Gasteiger partial charge in [0.15, 0.2) is 5.96 Å². The topological polar surface area (TPSA) is 45.7 Å². The van der Waals surface area contributed by atoms with Crippen LogP contribution in [0, 0.1) is 5.41 Å². The summed E-state index contributed by atoms with van der Waals surface area (Å²) in [6.45, 7) is 13.1. The van der Waals surface area contributed by atoms with Gasteiger partial charge >= 0.3 is 0 Å². The van der Waals surface area contributed by atoms with Gasteiger partial charge in [0, 0.05) is 18.5 Å². The van der Waals surface area contributed by atoms with Crippen molar-refractivity contribution in [1.82, 2.24) is 10.6 Å². The second kappa shape index (κ2) is 9.07. The Morgan fingerprint density at radius 2 is 1.92 bits per heavy atom. The molecule has 1 aromatic carbocycles. The van der Waals surface area contributed by atoms with Crippen LogP contribution in [-0.2, 0) is 11.2 Å².